The van der Waals surface area contributed by atoms with E-state index in [9.17, 15) is 9.90 Å². The number of alkyl halides is 1. The molecule has 4 nitrogen and oxygen atoms in total. The molecule has 0 amide bonds. The minimum absolute atomic E-state index is 0.00447. The molecule has 2 unspecified atom stereocenters. The third-order valence-corrected chi connectivity index (χ3v) is 7.27. The van der Waals surface area contributed by atoms with E-state index in [1.54, 1.807) is 17.0 Å². The average Bonchev–Trinajstić information content (AvgIpc) is 2.84. The summed E-state index contributed by atoms with van der Waals surface area (Å²) in [6, 6.07) is 16.0. The summed E-state index contributed by atoms with van der Waals surface area (Å²) >= 11 is 5.97. The topological polar surface area (TPSA) is 43.8 Å². The van der Waals surface area contributed by atoms with Gasteiger partial charge in [0, 0.05) is 30.1 Å². The summed E-state index contributed by atoms with van der Waals surface area (Å²) in [5.41, 5.74) is 0.501. The molecule has 2 aliphatic heterocycles. The summed E-state index contributed by atoms with van der Waals surface area (Å²) in [5, 5.41) is 11.7. The molecule has 2 heterocycles. The molecule has 0 saturated carbocycles. The van der Waals surface area contributed by atoms with Crippen LogP contribution in [-0.4, -0.2) is 59.2 Å². The lowest BCUT2D eigenvalue weighted by Gasteiger charge is -2.41. The number of aliphatic hydroxyl groups is 1. The van der Waals surface area contributed by atoms with Gasteiger partial charge in [0.1, 0.15) is 0 Å². The van der Waals surface area contributed by atoms with Crippen LogP contribution in [0.25, 0.3) is 0 Å². The first kappa shape index (κ1) is 23.4. The molecule has 0 spiro atoms. The molecule has 172 valence electrons. The SMILES string of the molecule is O=C(c1ccccc1)C(CC(F)N1CCC(O)(c2ccc(Cl)cc2)CC1)N1CCCCC1. The number of hydrogen-bond donors (Lipinski definition) is 1. The quantitative estimate of drug-likeness (QED) is 0.466. The summed E-state index contributed by atoms with van der Waals surface area (Å²) in [4.78, 5) is 17.2. The maximum atomic E-state index is 15.5. The molecule has 0 aliphatic carbocycles. The number of halogens is 2. The smallest absolute Gasteiger partial charge is 0.180 e. The van der Waals surface area contributed by atoms with Crippen molar-refractivity contribution in [3.05, 3.63) is 70.7 Å². The van der Waals surface area contributed by atoms with Gasteiger partial charge in [0.05, 0.1) is 11.6 Å². The van der Waals surface area contributed by atoms with Crippen LogP contribution in [0.5, 0.6) is 0 Å². The zero-order chi connectivity index (χ0) is 22.6. The maximum Gasteiger partial charge on any atom is 0.180 e. The Morgan fingerprint density at radius 3 is 2.19 bits per heavy atom. The van der Waals surface area contributed by atoms with Crippen LogP contribution in [0.2, 0.25) is 5.02 Å². The van der Waals surface area contributed by atoms with Crippen molar-refractivity contribution < 1.29 is 14.3 Å². The van der Waals surface area contributed by atoms with E-state index < -0.39 is 17.9 Å². The van der Waals surface area contributed by atoms with Crippen LogP contribution < -0.4 is 0 Å². The molecule has 32 heavy (non-hydrogen) atoms. The van der Waals surface area contributed by atoms with Gasteiger partial charge in [0.15, 0.2) is 12.1 Å². The van der Waals surface area contributed by atoms with Crippen molar-refractivity contribution in [2.75, 3.05) is 26.2 Å². The van der Waals surface area contributed by atoms with Gasteiger partial charge in [-0.2, -0.15) is 0 Å². The molecule has 4 rings (SSSR count). The summed E-state index contributed by atoms with van der Waals surface area (Å²) in [5.74, 6) is 0.00447. The molecule has 2 saturated heterocycles. The second-order valence-corrected chi connectivity index (χ2v) is 9.52. The van der Waals surface area contributed by atoms with Crippen LogP contribution in [-0.2, 0) is 5.60 Å². The third kappa shape index (κ3) is 5.40. The highest BCUT2D eigenvalue weighted by molar-refractivity contribution is 6.30. The van der Waals surface area contributed by atoms with E-state index in [1.807, 2.05) is 42.5 Å². The number of rotatable bonds is 7. The van der Waals surface area contributed by atoms with Gasteiger partial charge in [-0.25, -0.2) is 4.39 Å². The van der Waals surface area contributed by atoms with Gasteiger partial charge in [-0.3, -0.25) is 14.6 Å². The van der Waals surface area contributed by atoms with Gasteiger partial charge >= 0.3 is 0 Å². The molecule has 2 fully saturated rings. The number of carbonyl (C=O) groups excluding carboxylic acids is 1. The van der Waals surface area contributed by atoms with Gasteiger partial charge in [0.2, 0.25) is 0 Å². The summed E-state index contributed by atoms with van der Waals surface area (Å²) in [6.45, 7) is 2.58. The first-order chi connectivity index (χ1) is 15.5. The summed E-state index contributed by atoms with van der Waals surface area (Å²) in [6.07, 6.45) is 3.11. The fourth-order valence-corrected chi connectivity index (χ4v) is 5.13. The van der Waals surface area contributed by atoms with Crippen molar-refractivity contribution in [1.82, 2.24) is 9.80 Å². The van der Waals surface area contributed by atoms with E-state index in [0.717, 1.165) is 37.9 Å². The minimum Gasteiger partial charge on any atom is -0.385 e. The predicted molar refractivity (Wildman–Crippen MR) is 126 cm³/mol. The number of Topliss-reactive ketones (excluding diaryl/α,β-unsaturated/α-hetero) is 1. The second-order valence-electron chi connectivity index (χ2n) is 9.09. The highest BCUT2D eigenvalue weighted by Crippen LogP contribution is 2.35. The molecule has 6 heteroatoms. The van der Waals surface area contributed by atoms with Gasteiger partial charge in [-0.15, -0.1) is 0 Å². The zero-order valence-corrected chi connectivity index (χ0v) is 19.2. The first-order valence-electron chi connectivity index (χ1n) is 11.7. The van der Waals surface area contributed by atoms with Crippen molar-refractivity contribution in [3.63, 3.8) is 0 Å². The molecular weight excluding hydrogens is 427 g/mol. The van der Waals surface area contributed by atoms with Crippen molar-refractivity contribution in [1.29, 1.82) is 0 Å². The van der Waals surface area contributed by atoms with Crippen LogP contribution in [0, 0.1) is 0 Å². The first-order valence-corrected chi connectivity index (χ1v) is 12.0. The van der Waals surface area contributed by atoms with Gasteiger partial charge < -0.3 is 5.11 Å². The zero-order valence-electron chi connectivity index (χ0n) is 18.4. The third-order valence-electron chi connectivity index (χ3n) is 7.01. The minimum atomic E-state index is -1.22. The number of piperidine rings is 2. The molecule has 2 atom stereocenters. The lowest BCUT2D eigenvalue weighted by atomic mass is 9.84. The van der Waals surface area contributed by atoms with Crippen molar-refractivity contribution >= 4 is 17.4 Å². The number of nitrogens with zero attached hydrogens (tertiary/aromatic N) is 2. The van der Waals surface area contributed by atoms with Gasteiger partial charge in [-0.1, -0.05) is 60.5 Å². The number of carbonyl (C=O) groups is 1. The number of likely N-dealkylation sites (tertiary alicyclic amines) is 2. The Kier molecular flexibility index (Phi) is 7.62. The van der Waals surface area contributed by atoms with Crippen LogP contribution >= 0.6 is 11.6 Å². The highest BCUT2D eigenvalue weighted by Gasteiger charge is 2.38. The van der Waals surface area contributed by atoms with E-state index in [4.69, 9.17) is 11.6 Å². The standard InChI is InChI=1S/C26H32ClFN2O2/c27-22-11-9-21(10-12-22)26(32)13-17-30(18-14-26)24(28)19-23(29-15-5-2-6-16-29)25(31)20-7-3-1-4-8-20/h1,3-4,7-12,23-24,32H,2,5-6,13-19H2. The molecular formula is C26H32ClFN2O2. The molecule has 0 radical (unpaired) electrons. The normalized spacial score (nSPS) is 21.7. The van der Waals surface area contributed by atoms with Crippen LogP contribution in [0.1, 0.15) is 54.4 Å². The van der Waals surface area contributed by atoms with E-state index in [1.165, 1.54) is 0 Å². The Morgan fingerprint density at radius 2 is 1.56 bits per heavy atom. The Bertz CT molecular complexity index is 878. The van der Waals surface area contributed by atoms with Crippen LogP contribution in [0.15, 0.2) is 54.6 Å². The average molecular weight is 459 g/mol. The van der Waals surface area contributed by atoms with Crippen molar-refractivity contribution in [3.8, 4) is 0 Å². The Balaban J connectivity index is 1.42. The van der Waals surface area contributed by atoms with Crippen LogP contribution in [0.4, 0.5) is 4.39 Å². The van der Waals surface area contributed by atoms with Crippen LogP contribution in [0.3, 0.4) is 0 Å². The lowest BCUT2D eigenvalue weighted by Crippen LogP contribution is -2.50. The number of ketones is 1. The Hall–Kier alpha value is -1.79. The second kappa shape index (κ2) is 10.4. The largest absolute Gasteiger partial charge is 0.385 e. The fraction of sp³-hybridized carbons (Fsp3) is 0.500. The Morgan fingerprint density at radius 1 is 0.938 bits per heavy atom. The van der Waals surface area contributed by atoms with Gasteiger partial charge in [-0.05, 0) is 56.5 Å². The maximum absolute atomic E-state index is 15.5. The molecule has 0 bridgehead atoms. The van der Waals surface area contributed by atoms with E-state index in [2.05, 4.69) is 4.90 Å². The molecule has 2 aromatic carbocycles. The molecule has 0 aromatic heterocycles. The Labute approximate surface area is 195 Å². The van der Waals surface area contributed by atoms with E-state index in [0.29, 0.717) is 36.5 Å². The van der Waals surface area contributed by atoms with E-state index in [-0.39, 0.29) is 12.2 Å². The predicted octanol–water partition coefficient (Wildman–Crippen LogP) is 5.05. The van der Waals surface area contributed by atoms with E-state index >= 15 is 4.39 Å². The molecule has 2 aromatic rings. The fourth-order valence-electron chi connectivity index (χ4n) is 5.00. The summed E-state index contributed by atoms with van der Waals surface area (Å²) in [7, 11) is 0. The van der Waals surface area contributed by atoms with Crippen molar-refractivity contribution in [2.24, 2.45) is 0 Å². The highest BCUT2D eigenvalue weighted by atomic mass is 35.5. The monoisotopic (exact) mass is 458 g/mol. The number of benzene rings is 2. The molecule has 2 aliphatic rings. The van der Waals surface area contributed by atoms with Crippen molar-refractivity contribution in [2.45, 2.75) is 56.5 Å². The summed E-state index contributed by atoms with van der Waals surface area (Å²) < 4.78 is 15.5. The number of hydrogen-bond acceptors (Lipinski definition) is 4. The van der Waals surface area contributed by atoms with Gasteiger partial charge in [0.25, 0.3) is 0 Å². The molecule has 1 N–H and O–H groups in total. The lowest BCUT2D eigenvalue weighted by molar-refractivity contribution is -0.0598.